The highest BCUT2D eigenvalue weighted by Crippen LogP contribution is 2.20. The lowest BCUT2D eigenvalue weighted by molar-refractivity contribution is -0.147. The number of rotatable bonds is 5. The molecule has 20 heavy (non-hydrogen) atoms. The first-order valence-electron chi connectivity index (χ1n) is 6.20. The van der Waals surface area contributed by atoms with Crippen LogP contribution < -0.4 is 5.32 Å². The number of methoxy groups -OCH3 is 1. The molecule has 0 aromatic heterocycles. The summed E-state index contributed by atoms with van der Waals surface area (Å²) in [6.45, 7) is 3.51. The molecule has 0 spiro atoms. The summed E-state index contributed by atoms with van der Waals surface area (Å²) < 4.78 is 18.1. The molecule has 0 aliphatic rings. The summed E-state index contributed by atoms with van der Waals surface area (Å²) in [5.74, 6) is -1.41. The molecule has 1 atom stereocenters. The molecule has 4 nitrogen and oxygen atoms in total. The third kappa shape index (κ3) is 3.79. The quantitative estimate of drug-likeness (QED) is 0.834. The molecule has 1 amide bonds. The molecule has 110 valence electrons. The van der Waals surface area contributed by atoms with Crippen molar-refractivity contribution in [2.75, 3.05) is 7.11 Å². The lowest BCUT2D eigenvalue weighted by Gasteiger charge is -2.27. The highest BCUT2D eigenvalue weighted by molar-refractivity contribution is 9.10. The van der Waals surface area contributed by atoms with E-state index in [2.05, 4.69) is 21.2 Å². The molecule has 1 aromatic rings. The van der Waals surface area contributed by atoms with Gasteiger partial charge in [-0.15, -0.1) is 0 Å². The fraction of sp³-hybridized carbons (Fsp3) is 0.429. The SMILES string of the molecule is CCCC(C)(NC(=O)c1ccc(F)cc1Br)C(=O)OC. The maximum absolute atomic E-state index is 13.0. The number of ether oxygens (including phenoxy) is 1. The van der Waals surface area contributed by atoms with Crippen LogP contribution in [0, 0.1) is 5.82 Å². The second-order valence-corrected chi connectivity index (χ2v) is 5.51. The third-order valence-electron chi connectivity index (χ3n) is 2.95. The van der Waals surface area contributed by atoms with Crippen molar-refractivity contribution in [3.8, 4) is 0 Å². The first kappa shape index (κ1) is 16.6. The van der Waals surface area contributed by atoms with Crippen LogP contribution in [-0.2, 0) is 9.53 Å². The Morgan fingerprint density at radius 3 is 2.60 bits per heavy atom. The van der Waals surface area contributed by atoms with Gasteiger partial charge in [0.2, 0.25) is 0 Å². The zero-order valence-corrected chi connectivity index (χ0v) is 13.2. The maximum Gasteiger partial charge on any atom is 0.331 e. The molecule has 6 heteroatoms. The number of carbonyl (C=O) groups is 2. The van der Waals surface area contributed by atoms with E-state index in [4.69, 9.17) is 4.74 Å². The van der Waals surface area contributed by atoms with Gasteiger partial charge < -0.3 is 10.1 Å². The van der Waals surface area contributed by atoms with Crippen molar-refractivity contribution in [2.45, 2.75) is 32.2 Å². The van der Waals surface area contributed by atoms with Crippen LogP contribution >= 0.6 is 15.9 Å². The van der Waals surface area contributed by atoms with Crippen LogP contribution in [0.5, 0.6) is 0 Å². The van der Waals surface area contributed by atoms with Gasteiger partial charge in [-0.25, -0.2) is 9.18 Å². The molecule has 0 fully saturated rings. The monoisotopic (exact) mass is 345 g/mol. The Kier molecular flexibility index (Phi) is 5.68. The summed E-state index contributed by atoms with van der Waals surface area (Å²) in [6, 6.07) is 3.75. The van der Waals surface area contributed by atoms with Crippen molar-refractivity contribution in [3.05, 3.63) is 34.1 Å². The summed E-state index contributed by atoms with van der Waals surface area (Å²) in [5, 5.41) is 2.66. The molecule has 1 rings (SSSR count). The van der Waals surface area contributed by atoms with Gasteiger partial charge in [-0.05, 0) is 47.5 Å². The Hall–Kier alpha value is -1.43. The van der Waals surface area contributed by atoms with Crippen LogP contribution in [0.3, 0.4) is 0 Å². The van der Waals surface area contributed by atoms with Crippen molar-refractivity contribution in [1.29, 1.82) is 0 Å². The summed E-state index contributed by atoms with van der Waals surface area (Å²) in [7, 11) is 1.27. The van der Waals surface area contributed by atoms with E-state index in [1.54, 1.807) is 6.92 Å². The van der Waals surface area contributed by atoms with Gasteiger partial charge in [0.25, 0.3) is 5.91 Å². The molecular formula is C14H17BrFNO3. The predicted octanol–water partition coefficient (Wildman–Crippen LogP) is 3.05. The number of esters is 1. The Morgan fingerprint density at radius 1 is 1.45 bits per heavy atom. The van der Waals surface area contributed by atoms with Crippen molar-refractivity contribution in [1.82, 2.24) is 5.32 Å². The normalized spacial score (nSPS) is 13.4. The van der Waals surface area contributed by atoms with Gasteiger partial charge in [0.15, 0.2) is 0 Å². The fourth-order valence-corrected chi connectivity index (χ4v) is 2.46. The van der Waals surface area contributed by atoms with Gasteiger partial charge >= 0.3 is 5.97 Å². The summed E-state index contributed by atoms with van der Waals surface area (Å²) in [5.41, 5.74) is -0.841. The van der Waals surface area contributed by atoms with Crippen LogP contribution in [0.4, 0.5) is 4.39 Å². The molecular weight excluding hydrogens is 329 g/mol. The first-order chi connectivity index (χ1) is 9.34. The van der Waals surface area contributed by atoms with Gasteiger partial charge in [0.1, 0.15) is 11.4 Å². The smallest absolute Gasteiger partial charge is 0.331 e. The second kappa shape index (κ2) is 6.83. The van der Waals surface area contributed by atoms with Gasteiger partial charge in [-0.2, -0.15) is 0 Å². The first-order valence-corrected chi connectivity index (χ1v) is 6.99. The molecule has 0 aliphatic carbocycles. The van der Waals surface area contributed by atoms with Gasteiger partial charge in [0, 0.05) is 4.47 Å². The predicted molar refractivity (Wildman–Crippen MR) is 76.9 cm³/mol. The van der Waals surface area contributed by atoms with Gasteiger partial charge in [-0.3, -0.25) is 4.79 Å². The number of hydrogen-bond donors (Lipinski definition) is 1. The summed E-state index contributed by atoms with van der Waals surface area (Å²) >= 11 is 3.13. The van der Waals surface area contributed by atoms with E-state index >= 15 is 0 Å². The van der Waals surface area contributed by atoms with Crippen molar-refractivity contribution < 1.29 is 18.7 Å². The van der Waals surface area contributed by atoms with Crippen LogP contribution in [0.2, 0.25) is 0 Å². The summed E-state index contributed by atoms with van der Waals surface area (Å²) in [4.78, 5) is 24.0. The van der Waals surface area contributed by atoms with Crippen LogP contribution in [0.15, 0.2) is 22.7 Å². The van der Waals surface area contributed by atoms with E-state index in [9.17, 15) is 14.0 Å². The zero-order chi connectivity index (χ0) is 15.3. The zero-order valence-electron chi connectivity index (χ0n) is 11.6. The Labute approximate surface area is 125 Å². The van der Waals surface area contributed by atoms with E-state index in [1.165, 1.54) is 25.3 Å². The second-order valence-electron chi connectivity index (χ2n) is 4.65. The number of benzene rings is 1. The van der Waals surface area contributed by atoms with Crippen molar-refractivity contribution >= 4 is 27.8 Å². The minimum absolute atomic E-state index is 0.262. The molecule has 0 bridgehead atoms. The molecule has 0 saturated carbocycles. The van der Waals surface area contributed by atoms with Crippen molar-refractivity contribution in [3.63, 3.8) is 0 Å². The minimum atomic E-state index is -1.10. The van der Waals surface area contributed by atoms with E-state index in [1.807, 2.05) is 6.92 Å². The van der Waals surface area contributed by atoms with E-state index in [-0.39, 0.29) is 5.56 Å². The fourth-order valence-electron chi connectivity index (χ4n) is 1.93. The highest BCUT2D eigenvalue weighted by Gasteiger charge is 2.35. The number of hydrogen-bond acceptors (Lipinski definition) is 3. The van der Waals surface area contributed by atoms with E-state index < -0.39 is 23.2 Å². The van der Waals surface area contributed by atoms with Crippen LogP contribution in [-0.4, -0.2) is 24.5 Å². The van der Waals surface area contributed by atoms with Crippen LogP contribution in [0.25, 0.3) is 0 Å². The lowest BCUT2D eigenvalue weighted by atomic mass is 9.95. The maximum atomic E-state index is 13.0. The molecule has 0 saturated heterocycles. The lowest BCUT2D eigenvalue weighted by Crippen LogP contribution is -2.52. The highest BCUT2D eigenvalue weighted by atomic mass is 79.9. The van der Waals surface area contributed by atoms with Gasteiger partial charge in [0.05, 0.1) is 12.7 Å². The Bertz CT molecular complexity index is 521. The van der Waals surface area contributed by atoms with Crippen LogP contribution in [0.1, 0.15) is 37.0 Å². The molecule has 1 aromatic carbocycles. The van der Waals surface area contributed by atoms with Gasteiger partial charge in [-0.1, -0.05) is 13.3 Å². The molecule has 0 radical (unpaired) electrons. The molecule has 1 unspecified atom stereocenters. The van der Waals surface area contributed by atoms with E-state index in [0.29, 0.717) is 17.3 Å². The molecule has 1 N–H and O–H groups in total. The summed E-state index contributed by atoms with van der Waals surface area (Å²) in [6.07, 6.45) is 1.15. The standard InChI is InChI=1S/C14H17BrFNO3/c1-4-7-14(2,13(19)20-3)17-12(18)10-6-5-9(16)8-11(10)15/h5-6,8H,4,7H2,1-3H3,(H,17,18). The molecule has 0 heterocycles. The molecule has 0 aliphatic heterocycles. The third-order valence-corrected chi connectivity index (χ3v) is 3.61. The number of carbonyl (C=O) groups excluding carboxylic acids is 2. The number of amides is 1. The average molecular weight is 346 g/mol. The Morgan fingerprint density at radius 2 is 2.10 bits per heavy atom. The average Bonchev–Trinajstić information content (AvgIpc) is 2.37. The number of nitrogens with one attached hydrogen (secondary N) is 1. The minimum Gasteiger partial charge on any atom is -0.467 e. The largest absolute Gasteiger partial charge is 0.467 e. The van der Waals surface area contributed by atoms with Crippen molar-refractivity contribution in [2.24, 2.45) is 0 Å². The van der Waals surface area contributed by atoms with E-state index in [0.717, 1.165) is 0 Å². The Balaban J connectivity index is 2.99. The topological polar surface area (TPSA) is 55.4 Å². The number of halogens is 2.